The molecule has 0 aromatic rings. The molecular weight excluding hydrogens is 248 g/mol. The number of amides is 1. The van der Waals surface area contributed by atoms with Crippen molar-refractivity contribution in [1.29, 1.82) is 0 Å². The summed E-state index contributed by atoms with van der Waals surface area (Å²) in [5.74, 6) is -0.0148. The minimum Gasteiger partial charge on any atom is -0.395 e. The molecule has 0 aliphatic heterocycles. The summed E-state index contributed by atoms with van der Waals surface area (Å²) >= 11 is 4.82. The molecule has 0 heterocycles. The van der Waals surface area contributed by atoms with Crippen LogP contribution in [0.3, 0.4) is 0 Å². The summed E-state index contributed by atoms with van der Waals surface area (Å²) in [5, 5.41) is 18.2. The van der Waals surface area contributed by atoms with Gasteiger partial charge in [0.25, 0.3) is 0 Å². The molecule has 17 heavy (non-hydrogen) atoms. The van der Waals surface area contributed by atoms with Crippen LogP contribution in [0, 0.1) is 0 Å². The van der Waals surface area contributed by atoms with Crippen LogP contribution in [0.5, 0.6) is 0 Å². The number of nitrogens with two attached hydrogens (primary N) is 1. The lowest BCUT2D eigenvalue weighted by Crippen LogP contribution is -2.25. The maximum atomic E-state index is 10.3. The van der Waals surface area contributed by atoms with Crippen molar-refractivity contribution in [3.05, 3.63) is 0 Å². The summed E-state index contributed by atoms with van der Waals surface area (Å²) in [6, 6.07) is 0. The third kappa shape index (κ3) is 39.3. The molecule has 0 radical (unpaired) electrons. The number of carbonyl (C=O) groups is 2. The van der Waals surface area contributed by atoms with Crippen LogP contribution in [0.15, 0.2) is 0 Å². The molecule has 104 valence electrons. The van der Waals surface area contributed by atoms with Crippen LogP contribution < -0.4 is 11.1 Å². The van der Waals surface area contributed by atoms with E-state index in [2.05, 4.69) is 5.32 Å². The Morgan fingerprint density at radius 3 is 1.76 bits per heavy atom. The average molecular weight is 271 g/mol. The minimum atomic E-state index is -0.273. The van der Waals surface area contributed by atoms with Gasteiger partial charge in [-0.25, -0.2) is 0 Å². The zero-order chi connectivity index (χ0) is 14.1. The summed E-state index contributed by atoms with van der Waals surface area (Å²) in [4.78, 5) is 19.9. The Morgan fingerprint density at radius 1 is 1.18 bits per heavy atom. The van der Waals surface area contributed by atoms with Crippen LogP contribution in [-0.2, 0) is 9.59 Å². The first-order valence-corrected chi connectivity index (χ1v) is 5.74. The normalized spacial score (nSPS) is 8.12. The molecule has 0 aromatic carbocycles. The zero-order valence-electron chi connectivity index (χ0n) is 10.4. The van der Waals surface area contributed by atoms with E-state index in [1.807, 2.05) is 0 Å². The first-order chi connectivity index (χ1) is 7.99. The lowest BCUT2D eigenvalue weighted by Gasteiger charge is -1.96. The van der Waals surface area contributed by atoms with Gasteiger partial charge < -0.3 is 21.3 Å². The lowest BCUT2D eigenvalue weighted by molar-refractivity contribution is -0.120. The smallest absolute Gasteiger partial charge is 0.221 e. The summed E-state index contributed by atoms with van der Waals surface area (Å²) in [6.07, 6.45) is 0.918. The van der Waals surface area contributed by atoms with Crippen LogP contribution in [-0.4, -0.2) is 47.7 Å². The number of halogens is 1. The topological polar surface area (TPSA) is 113 Å². The fraction of sp³-hybridized carbons (Fsp3) is 0.800. The molecule has 0 atom stereocenters. The molecule has 0 rings (SSSR count). The van der Waals surface area contributed by atoms with Gasteiger partial charge in [0.05, 0.1) is 13.2 Å². The van der Waals surface area contributed by atoms with Crippen molar-refractivity contribution >= 4 is 22.8 Å². The van der Waals surface area contributed by atoms with E-state index in [-0.39, 0.29) is 24.4 Å². The SMILES string of the molecule is CCC(=O)Cl.CCC(=O)NCCO.NCCO. The van der Waals surface area contributed by atoms with Crippen molar-refractivity contribution in [3.8, 4) is 0 Å². The highest BCUT2D eigenvalue weighted by Gasteiger charge is 1.91. The van der Waals surface area contributed by atoms with E-state index in [9.17, 15) is 9.59 Å². The van der Waals surface area contributed by atoms with Crippen molar-refractivity contribution in [2.75, 3.05) is 26.3 Å². The molecule has 0 saturated heterocycles. The number of aliphatic hydroxyl groups excluding tert-OH is 2. The fourth-order valence-corrected chi connectivity index (χ4v) is 0.320. The van der Waals surface area contributed by atoms with Gasteiger partial charge >= 0.3 is 0 Å². The number of aliphatic hydroxyl groups is 2. The molecule has 0 aliphatic carbocycles. The number of hydrogen-bond donors (Lipinski definition) is 4. The van der Waals surface area contributed by atoms with Crippen molar-refractivity contribution < 1.29 is 19.8 Å². The predicted molar refractivity (Wildman–Crippen MR) is 67.7 cm³/mol. The largest absolute Gasteiger partial charge is 0.395 e. The maximum absolute atomic E-state index is 10.3. The van der Waals surface area contributed by atoms with Gasteiger partial charge in [0.2, 0.25) is 11.1 Å². The van der Waals surface area contributed by atoms with Crippen LogP contribution in [0.1, 0.15) is 26.7 Å². The molecule has 0 spiro atoms. The number of carbonyl (C=O) groups excluding carboxylic acids is 2. The van der Waals surface area contributed by atoms with Gasteiger partial charge in [0.15, 0.2) is 0 Å². The summed E-state index contributed by atoms with van der Waals surface area (Å²) in [5.41, 5.74) is 4.78. The molecule has 0 unspecified atom stereocenters. The van der Waals surface area contributed by atoms with Crippen LogP contribution in [0.4, 0.5) is 0 Å². The second kappa shape index (κ2) is 20.7. The third-order valence-electron chi connectivity index (χ3n) is 1.16. The van der Waals surface area contributed by atoms with Crippen LogP contribution in [0.25, 0.3) is 0 Å². The van der Waals surface area contributed by atoms with E-state index < -0.39 is 0 Å². The van der Waals surface area contributed by atoms with Gasteiger partial charge in [-0.05, 0) is 11.6 Å². The Labute approximate surface area is 107 Å². The van der Waals surface area contributed by atoms with E-state index in [1.165, 1.54) is 0 Å². The highest BCUT2D eigenvalue weighted by atomic mass is 35.5. The van der Waals surface area contributed by atoms with Gasteiger partial charge in [-0.15, -0.1) is 0 Å². The Balaban J connectivity index is -0.000000188. The van der Waals surface area contributed by atoms with E-state index in [0.717, 1.165) is 0 Å². The quantitative estimate of drug-likeness (QED) is 0.508. The van der Waals surface area contributed by atoms with Crippen LogP contribution in [0.2, 0.25) is 0 Å². The third-order valence-corrected chi connectivity index (χ3v) is 1.43. The maximum Gasteiger partial charge on any atom is 0.221 e. The number of hydrogen-bond acceptors (Lipinski definition) is 5. The van der Waals surface area contributed by atoms with Gasteiger partial charge in [-0.2, -0.15) is 0 Å². The standard InChI is InChI=1S/C5H11NO2.C3H5ClO.C2H7NO/c1-2-5(8)6-3-4-7;1-2-3(4)5;3-1-2-4/h7H,2-4H2,1H3,(H,6,8);2H2,1H3;4H,1-3H2. The molecule has 0 fully saturated rings. The molecule has 0 bridgehead atoms. The molecule has 6 nitrogen and oxygen atoms in total. The monoisotopic (exact) mass is 270 g/mol. The Hall–Kier alpha value is -0.690. The van der Waals surface area contributed by atoms with Crippen LogP contribution >= 0.6 is 11.6 Å². The zero-order valence-corrected chi connectivity index (χ0v) is 11.2. The molecule has 0 aromatic heterocycles. The van der Waals surface area contributed by atoms with Gasteiger partial charge in [-0.1, -0.05) is 13.8 Å². The van der Waals surface area contributed by atoms with Crippen molar-refractivity contribution in [3.63, 3.8) is 0 Å². The van der Waals surface area contributed by atoms with E-state index in [0.29, 0.717) is 25.9 Å². The average Bonchev–Trinajstić information content (AvgIpc) is 2.36. The fourth-order valence-electron chi connectivity index (χ4n) is 0.320. The minimum absolute atomic E-state index is 0.0148. The second-order valence-electron chi connectivity index (χ2n) is 2.65. The molecule has 0 saturated carbocycles. The summed E-state index contributed by atoms with van der Waals surface area (Å²) in [7, 11) is 0. The predicted octanol–water partition coefficient (Wildman–Crippen LogP) is -0.396. The molecule has 5 N–H and O–H groups in total. The van der Waals surface area contributed by atoms with Crippen molar-refractivity contribution in [2.24, 2.45) is 5.73 Å². The van der Waals surface area contributed by atoms with Gasteiger partial charge in [0.1, 0.15) is 0 Å². The first kappa shape index (κ1) is 21.6. The lowest BCUT2D eigenvalue weighted by atomic mass is 10.4. The van der Waals surface area contributed by atoms with E-state index in [1.54, 1.807) is 13.8 Å². The molecular formula is C10H23ClN2O4. The Kier molecular flexibility index (Phi) is 26.3. The highest BCUT2D eigenvalue weighted by Crippen LogP contribution is 1.81. The highest BCUT2D eigenvalue weighted by molar-refractivity contribution is 6.63. The van der Waals surface area contributed by atoms with Gasteiger partial charge in [0, 0.05) is 25.9 Å². The molecule has 7 heteroatoms. The Bertz CT molecular complexity index is 178. The summed E-state index contributed by atoms with van der Waals surface area (Å²) in [6.45, 7) is 4.35. The van der Waals surface area contributed by atoms with Gasteiger partial charge in [-0.3, -0.25) is 9.59 Å². The number of rotatable bonds is 5. The second-order valence-corrected chi connectivity index (χ2v) is 3.07. The van der Waals surface area contributed by atoms with E-state index in [4.69, 9.17) is 27.5 Å². The number of nitrogens with one attached hydrogen (secondary N) is 1. The first-order valence-electron chi connectivity index (χ1n) is 5.36. The molecule has 0 aliphatic rings. The van der Waals surface area contributed by atoms with Crippen molar-refractivity contribution in [1.82, 2.24) is 5.32 Å². The molecule has 1 amide bonds. The van der Waals surface area contributed by atoms with E-state index >= 15 is 0 Å². The Morgan fingerprint density at radius 2 is 1.59 bits per heavy atom. The summed E-state index contributed by atoms with van der Waals surface area (Å²) < 4.78 is 0. The van der Waals surface area contributed by atoms with Crippen molar-refractivity contribution in [2.45, 2.75) is 26.7 Å².